The van der Waals surface area contributed by atoms with E-state index >= 15 is 0 Å². The average Bonchev–Trinajstić information content (AvgIpc) is 2.50. The first-order chi connectivity index (χ1) is 10.1. The summed E-state index contributed by atoms with van der Waals surface area (Å²) in [5, 5.41) is 3.13. The van der Waals surface area contributed by atoms with Crippen LogP contribution in [0.2, 0.25) is 0 Å². The van der Waals surface area contributed by atoms with Crippen molar-refractivity contribution in [3.05, 3.63) is 42.6 Å². The molecule has 0 saturated carbocycles. The summed E-state index contributed by atoms with van der Waals surface area (Å²) in [6.07, 6.45) is 6.91. The number of hydrogen-bond acceptors (Lipinski definition) is 2. The molecule has 0 aromatic heterocycles. The Kier molecular flexibility index (Phi) is 8.25. The molecule has 0 radical (unpaired) electrons. The van der Waals surface area contributed by atoms with E-state index in [1.165, 1.54) is 25.7 Å². The van der Waals surface area contributed by atoms with Crippen LogP contribution in [-0.2, 0) is 0 Å². The highest BCUT2D eigenvalue weighted by Crippen LogP contribution is 2.16. The smallest absolute Gasteiger partial charge is 0.0996 e. The topological polar surface area (TPSA) is 50.4 Å². The van der Waals surface area contributed by atoms with Gasteiger partial charge in [0.1, 0.15) is 0 Å². The number of para-hydroxylation sites is 1. The van der Waals surface area contributed by atoms with E-state index < -0.39 is 0 Å². The zero-order valence-corrected chi connectivity index (χ0v) is 13.4. The van der Waals surface area contributed by atoms with E-state index in [0.717, 1.165) is 30.1 Å². The first-order valence-corrected chi connectivity index (χ1v) is 7.88. The lowest BCUT2D eigenvalue weighted by molar-refractivity contribution is 0.523. The highest BCUT2D eigenvalue weighted by molar-refractivity contribution is 5.82. The first kappa shape index (κ1) is 17.3. The summed E-state index contributed by atoms with van der Waals surface area (Å²) in [5.41, 5.74) is 8.03. The maximum atomic E-state index is 5.96. The molecule has 3 heteroatoms. The molecule has 1 aromatic rings. The van der Waals surface area contributed by atoms with Crippen LogP contribution in [0.25, 0.3) is 0 Å². The van der Waals surface area contributed by atoms with Gasteiger partial charge in [-0.15, -0.1) is 0 Å². The van der Waals surface area contributed by atoms with Crippen molar-refractivity contribution in [2.24, 2.45) is 16.6 Å². The number of hydrogen-bond donors (Lipinski definition) is 2. The molecule has 0 spiro atoms. The van der Waals surface area contributed by atoms with Crippen LogP contribution in [0, 0.1) is 5.92 Å². The summed E-state index contributed by atoms with van der Waals surface area (Å²) in [6, 6.07) is 9.89. The second-order valence-electron chi connectivity index (χ2n) is 5.57. The van der Waals surface area contributed by atoms with E-state index in [2.05, 4.69) is 23.8 Å². The maximum absolute atomic E-state index is 5.96. The fourth-order valence-electron chi connectivity index (χ4n) is 2.26. The van der Waals surface area contributed by atoms with Crippen molar-refractivity contribution in [2.75, 3.05) is 7.05 Å². The van der Waals surface area contributed by atoms with E-state index in [1.807, 2.05) is 37.4 Å². The largest absolute Gasteiger partial charge is 0.392 e. The minimum Gasteiger partial charge on any atom is -0.392 e. The van der Waals surface area contributed by atoms with Crippen molar-refractivity contribution >= 4 is 11.5 Å². The molecule has 0 amide bonds. The molecule has 0 heterocycles. The van der Waals surface area contributed by atoms with Crippen molar-refractivity contribution in [3.8, 4) is 0 Å². The third kappa shape index (κ3) is 7.54. The summed E-state index contributed by atoms with van der Waals surface area (Å²) in [6.45, 7) is 6.23. The van der Waals surface area contributed by atoms with E-state index in [-0.39, 0.29) is 0 Å². The Balaban J connectivity index is 2.11. The monoisotopic (exact) mass is 287 g/mol. The molecule has 3 N–H and O–H groups in total. The van der Waals surface area contributed by atoms with Gasteiger partial charge in [0.05, 0.1) is 11.5 Å². The highest BCUT2D eigenvalue weighted by atomic mass is 14.9. The van der Waals surface area contributed by atoms with Crippen LogP contribution in [0.5, 0.6) is 0 Å². The van der Waals surface area contributed by atoms with Gasteiger partial charge in [0.15, 0.2) is 0 Å². The minimum absolute atomic E-state index is 0.555. The predicted octanol–water partition coefficient (Wildman–Crippen LogP) is 4.39. The van der Waals surface area contributed by atoms with Crippen LogP contribution in [0.1, 0.15) is 45.4 Å². The number of rotatable bonds is 10. The number of nitrogens with zero attached hydrogens (tertiary/aromatic N) is 1. The third-order valence-corrected chi connectivity index (χ3v) is 3.76. The van der Waals surface area contributed by atoms with Crippen LogP contribution in [0.4, 0.5) is 5.69 Å². The SMILES string of the molecule is C=C(NC)C(C)CCCCCCC(N)=Nc1ccccc1. The molecular formula is C18H29N3. The van der Waals surface area contributed by atoms with Gasteiger partial charge >= 0.3 is 0 Å². The number of aliphatic imine (C=N–C) groups is 1. The molecule has 3 nitrogen and oxygen atoms in total. The average molecular weight is 287 g/mol. The van der Waals surface area contributed by atoms with Crippen LogP contribution in [0.15, 0.2) is 47.6 Å². The Morgan fingerprint density at radius 3 is 2.52 bits per heavy atom. The summed E-state index contributed by atoms with van der Waals surface area (Å²) < 4.78 is 0. The highest BCUT2D eigenvalue weighted by Gasteiger charge is 2.04. The second kappa shape index (κ2) is 10.0. The van der Waals surface area contributed by atoms with Gasteiger partial charge < -0.3 is 11.1 Å². The Morgan fingerprint density at radius 1 is 1.19 bits per heavy atom. The van der Waals surface area contributed by atoms with Gasteiger partial charge in [0, 0.05) is 19.2 Å². The molecule has 0 bridgehead atoms. The van der Waals surface area contributed by atoms with E-state index in [1.54, 1.807) is 0 Å². The predicted molar refractivity (Wildman–Crippen MR) is 92.8 cm³/mol. The van der Waals surface area contributed by atoms with Crippen molar-refractivity contribution in [3.63, 3.8) is 0 Å². The molecule has 0 fully saturated rings. The Labute approximate surface area is 129 Å². The number of allylic oxidation sites excluding steroid dienone is 1. The normalized spacial score (nSPS) is 13.0. The molecular weight excluding hydrogens is 258 g/mol. The molecule has 0 saturated heterocycles. The fourth-order valence-corrected chi connectivity index (χ4v) is 2.26. The molecule has 1 rings (SSSR count). The van der Waals surface area contributed by atoms with Crippen molar-refractivity contribution in [1.29, 1.82) is 0 Å². The lowest BCUT2D eigenvalue weighted by Crippen LogP contribution is -2.12. The van der Waals surface area contributed by atoms with Crippen LogP contribution in [0.3, 0.4) is 0 Å². The van der Waals surface area contributed by atoms with Gasteiger partial charge in [-0.1, -0.05) is 51.0 Å². The van der Waals surface area contributed by atoms with Crippen LogP contribution in [-0.4, -0.2) is 12.9 Å². The summed E-state index contributed by atoms with van der Waals surface area (Å²) in [4.78, 5) is 4.41. The number of unbranched alkanes of at least 4 members (excludes halogenated alkanes) is 3. The fraction of sp³-hybridized carbons (Fsp3) is 0.500. The molecule has 0 aliphatic heterocycles. The van der Waals surface area contributed by atoms with Gasteiger partial charge in [-0.05, 0) is 30.9 Å². The quantitative estimate of drug-likeness (QED) is 0.381. The van der Waals surface area contributed by atoms with Crippen LogP contribution < -0.4 is 11.1 Å². The van der Waals surface area contributed by atoms with Gasteiger partial charge in [-0.2, -0.15) is 0 Å². The van der Waals surface area contributed by atoms with Crippen molar-refractivity contribution in [1.82, 2.24) is 5.32 Å². The first-order valence-electron chi connectivity index (χ1n) is 7.88. The van der Waals surface area contributed by atoms with Crippen LogP contribution >= 0.6 is 0 Å². The maximum Gasteiger partial charge on any atom is 0.0996 e. The summed E-state index contributed by atoms with van der Waals surface area (Å²) >= 11 is 0. The molecule has 0 aliphatic rings. The summed E-state index contributed by atoms with van der Waals surface area (Å²) in [5.74, 6) is 1.29. The summed E-state index contributed by atoms with van der Waals surface area (Å²) in [7, 11) is 1.94. The third-order valence-electron chi connectivity index (χ3n) is 3.76. The minimum atomic E-state index is 0.555. The zero-order valence-electron chi connectivity index (χ0n) is 13.4. The lowest BCUT2D eigenvalue weighted by Gasteiger charge is -2.13. The molecule has 0 aliphatic carbocycles. The van der Waals surface area contributed by atoms with Crippen molar-refractivity contribution < 1.29 is 0 Å². The number of nitrogens with one attached hydrogen (secondary N) is 1. The Bertz CT molecular complexity index is 437. The second-order valence-corrected chi connectivity index (χ2v) is 5.57. The van der Waals surface area contributed by atoms with E-state index in [4.69, 9.17) is 5.73 Å². The van der Waals surface area contributed by atoms with E-state index in [9.17, 15) is 0 Å². The lowest BCUT2D eigenvalue weighted by atomic mass is 10.00. The number of nitrogens with two attached hydrogens (primary N) is 1. The van der Waals surface area contributed by atoms with E-state index in [0.29, 0.717) is 5.92 Å². The van der Waals surface area contributed by atoms with Gasteiger partial charge in [-0.25, -0.2) is 4.99 Å². The standard InChI is InChI=1S/C18H29N3/c1-15(16(2)20-3)11-7-4-5-10-14-18(19)21-17-12-8-6-9-13-17/h6,8-9,12-13,15,20H,2,4-5,7,10-11,14H2,1,3H3,(H2,19,21). The molecule has 21 heavy (non-hydrogen) atoms. The number of benzene rings is 1. The molecule has 1 unspecified atom stereocenters. The van der Waals surface area contributed by atoms with Gasteiger partial charge in [0.25, 0.3) is 0 Å². The Morgan fingerprint density at radius 2 is 1.86 bits per heavy atom. The van der Waals surface area contributed by atoms with Crippen molar-refractivity contribution in [2.45, 2.75) is 45.4 Å². The number of amidine groups is 1. The van der Waals surface area contributed by atoms with Gasteiger partial charge in [0.2, 0.25) is 0 Å². The molecule has 1 atom stereocenters. The molecule has 1 aromatic carbocycles. The zero-order chi connectivity index (χ0) is 15.5. The Hall–Kier alpha value is -1.77. The molecule has 116 valence electrons. The van der Waals surface area contributed by atoms with Gasteiger partial charge in [-0.3, -0.25) is 0 Å².